The number of nitriles is 1. The van der Waals surface area contributed by atoms with Crippen LogP contribution in [0.4, 0.5) is 10.5 Å². The van der Waals surface area contributed by atoms with Gasteiger partial charge in [0.25, 0.3) is 0 Å². The highest BCUT2D eigenvalue weighted by Gasteiger charge is 2.21. The monoisotopic (exact) mass is 276 g/mol. The van der Waals surface area contributed by atoms with E-state index in [1.165, 1.54) is 24.3 Å². The predicted molar refractivity (Wildman–Crippen MR) is 68.5 cm³/mol. The van der Waals surface area contributed by atoms with Crippen molar-refractivity contribution in [3.8, 4) is 6.07 Å². The first-order valence-corrected chi connectivity index (χ1v) is 5.51. The molecule has 0 unspecified atom stereocenters. The summed E-state index contributed by atoms with van der Waals surface area (Å²) in [4.78, 5) is 33.1. The van der Waals surface area contributed by atoms with Crippen LogP contribution in [0.1, 0.15) is 12.0 Å². The lowest BCUT2D eigenvalue weighted by Gasteiger charge is -2.13. The first-order chi connectivity index (χ1) is 9.42. The van der Waals surface area contributed by atoms with Gasteiger partial charge in [-0.2, -0.15) is 5.26 Å². The number of nitrogens with two attached hydrogens (primary N) is 1. The average molecular weight is 276 g/mol. The molecule has 5 N–H and O–H groups in total. The van der Waals surface area contributed by atoms with E-state index in [0.717, 1.165) is 0 Å². The van der Waals surface area contributed by atoms with E-state index in [2.05, 4.69) is 10.6 Å². The highest BCUT2D eigenvalue weighted by Crippen LogP contribution is 2.08. The number of nitrogens with one attached hydrogen (secondary N) is 2. The highest BCUT2D eigenvalue weighted by molar-refractivity contribution is 5.93. The van der Waals surface area contributed by atoms with E-state index < -0.39 is 30.4 Å². The molecule has 0 aliphatic carbocycles. The minimum Gasteiger partial charge on any atom is -0.480 e. The smallest absolute Gasteiger partial charge is 0.326 e. The molecule has 8 nitrogen and oxygen atoms in total. The summed E-state index contributed by atoms with van der Waals surface area (Å²) in [6.45, 7) is 0. The maximum Gasteiger partial charge on any atom is 0.326 e. The molecular weight excluding hydrogens is 264 g/mol. The lowest BCUT2D eigenvalue weighted by Crippen LogP contribution is -2.45. The summed E-state index contributed by atoms with van der Waals surface area (Å²) in [5.74, 6) is -2.20. The lowest BCUT2D eigenvalue weighted by atomic mass is 10.2. The highest BCUT2D eigenvalue weighted by atomic mass is 16.4. The number of aliphatic carboxylic acids is 1. The number of amides is 3. The van der Waals surface area contributed by atoms with Crippen molar-refractivity contribution in [1.29, 1.82) is 5.26 Å². The first-order valence-electron chi connectivity index (χ1n) is 5.51. The molecule has 20 heavy (non-hydrogen) atoms. The maximum atomic E-state index is 11.6. The average Bonchev–Trinajstić information content (AvgIpc) is 2.38. The Morgan fingerprint density at radius 3 is 2.35 bits per heavy atom. The Kier molecular flexibility index (Phi) is 5.05. The molecule has 0 saturated heterocycles. The van der Waals surface area contributed by atoms with Crippen LogP contribution in [0.15, 0.2) is 24.3 Å². The maximum absolute atomic E-state index is 11.6. The van der Waals surface area contributed by atoms with Crippen molar-refractivity contribution in [2.45, 2.75) is 12.5 Å². The van der Waals surface area contributed by atoms with Crippen LogP contribution in [0.25, 0.3) is 0 Å². The second-order valence-electron chi connectivity index (χ2n) is 3.85. The number of nitrogens with zero attached hydrogens (tertiary/aromatic N) is 1. The molecule has 0 aliphatic heterocycles. The van der Waals surface area contributed by atoms with Crippen LogP contribution in [0.3, 0.4) is 0 Å². The Bertz CT molecular complexity index is 562. The Balaban J connectivity index is 2.63. The Morgan fingerprint density at radius 2 is 1.90 bits per heavy atom. The number of urea groups is 1. The zero-order valence-corrected chi connectivity index (χ0v) is 10.3. The van der Waals surface area contributed by atoms with Gasteiger partial charge in [-0.05, 0) is 24.3 Å². The summed E-state index contributed by atoms with van der Waals surface area (Å²) in [6.07, 6.45) is -0.504. The van der Waals surface area contributed by atoms with Gasteiger partial charge in [0.05, 0.1) is 18.1 Å². The third kappa shape index (κ3) is 4.66. The lowest BCUT2D eigenvalue weighted by molar-refractivity contribution is -0.140. The van der Waals surface area contributed by atoms with E-state index in [1.807, 2.05) is 6.07 Å². The SMILES string of the molecule is N#Cc1ccc(NC(=O)N[C@H](CC(N)=O)C(=O)O)cc1. The zero-order chi connectivity index (χ0) is 15.1. The van der Waals surface area contributed by atoms with Gasteiger partial charge in [-0.1, -0.05) is 0 Å². The van der Waals surface area contributed by atoms with Crippen molar-refractivity contribution in [1.82, 2.24) is 5.32 Å². The van der Waals surface area contributed by atoms with Crippen molar-refractivity contribution in [3.05, 3.63) is 29.8 Å². The van der Waals surface area contributed by atoms with E-state index in [9.17, 15) is 14.4 Å². The molecule has 1 aromatic rings. The Labute approximate surface area is 114 Å². The molecule has 3 amide bonds. The van der Waals surface area contributed by atoms with Crippen LogP contribution < -0.4 is 16.4 Å². The number of carbonyl (C=O) groups excluding carboxylic acids is 2. The second kappa shape index (κ2) is 6.75. The number of carbonyl (C=O) groups is 3. The fourth-order valence-electron chi connectivity index (χ4n) is 1.35. The summed E-state index contributed by atoms with van der Waals surface area (Å²) >= 11 is 0. The van der Waals surface area contributed by atoms with Crippen molar-refractivity contribution >= 4 is 23.6 Å². The normalized spacial score (nSPS) is 10.9. The van der Waals surface area contributed by atoms with Gasteiger partial charge in [-0.3, -0.25) is 4.79 Å². The number of primary amides is 1. The van der Waals surface area contributed by atoms with Gasteiger partial charge < -0.3 is 21.5 Å². The molecule has 1 rings (SSSR count). The summed E-state index contributed by atoms with van der Waals surface area (Å²) < 4.78 is 0. The molecule has 0 saturated carbocycles. The molecule has 0 aliphatic rings. The molecule has 0 heterocycles. The Hall–Kier alpha value is -3.08. The van der Waals surface area contributed by atoms with Gasteiger partial charge in [0.15, 0.2) is 0 Å². The molecule has 0 radical (unpaired) electrons. The van der Waals surface area contributed by atoms with Crippen molar-refractivity contribution in [2.24, 2.45) is 5.73 Å². The number of carboxylic acid groups (broad SMARTS) is 1. The van der Waals surface area contributed by atoms with Gasteiger partial charge in [0, 0.05) is 5.69 Å². The van der Waals surface area contributed by atoms with Crippen molar-refractivity contribution in [3.63, 3.8) is 0 Å². The van der Waals surface area contributed by atoms with Crippen LogP contribution in [0.5, 0.6) is 0 Å². The zero-order valence-electron chi connectivity index (χ0n) is 10.3. The predicted octanol–water partition coefficient (Wildman–Crippen LogP) is 0.00838. The number of hydrogen-bond acceptors (Lipinski definition) is 4. The molecule has 104 valence electrons. The van der Waals surface area contributed by atoms with Crippen LogP contribution in [0.2, 0.25) is 0 Å². The van der Waals surface area contributed by atoms with Gasteiger partial charge in [-0.25, -0.2) is 9.59 Å². The van der Waals surface area contributed by atoms with E-state index in [1.54, 1.807) is 0 Å². The molecule has 0 aromatic heterocycles. The molecule has 1 atom stereocenters. The number of carboxylic acids is 1. The van der Waals surface area contributed by atoms with Crippen LogP contribution >= 0.6 is 0 Å². The van der Waals surface area contributed by atoms with E-state index in [4.69, 9.17) is 16.1 Å². The quantitative estimate of drug-likeness (QED) is 0.598. The fraction of sp³-hybridized carbons (Fsp3) is 0.167. The second-order valence-corrected chi connectivity index (χ2v) is 3.85. The number of hydrogen-bond donors (Lipinski definition) is 4. The van der Waals surface area contributed by atoms with Gasteiger partial charge in [-0.15, -0.1) is 0 Å². The third-order valence-electron chi connectivity index (χ3n) is 2.28. The van der Waals surface area contributed by atoms with Crippen LogP contribution in [-0.4, -0.2) is 29.1 Å². The number of benzene rings is 1. The molecule has 0 fully saturated rings. The number of rotatable bonds is 5. The number of anilines is 1. The van der Waals surface area contributed by atoms with Gasteiger partial charge >= 0.3 is 12.0 Å². The first kappa shape index (κ1) is 15.0. The minimum absolute atomic E-state index is 0.379. The summed E-state index contributed by atoms with van der Waals surface area (Å²) in [5, 5.41) is 21.9. The van der Waals surface area contributed by atoms with E-state index in [-0.39, 0.29) is 0 Å². The van der Waals surface area contributed by atoms with Crippen LogP contribution in [0, 0.1) is 11.3 Å². The molecule has 0 spiro atoms. The third-order valence-corrected chi connectivity index (χ3v) is 2.28. The van der Waals surface area contributed by atoms with Crippen molar-refractivity contribution in [2.75, 3.05) is 5.32 Å². The largest absolute Gasteiger partial charge is 0.480 e. The van der Waals surface area contributed by atoms with Gasteiger partial charge in [0.2, 0.25) is 5.91 Å². The minimum atomic E-state index is -1.40. The summed E-state index contributed by atoms with van der Waals surface area (Å²) in [6, 6.07) is 5.70. The van der Waals surface area contributed by atoms with Gasteiger partial charge in [0.1, 0.15) is 6.04 Å². The van der Waals surface area contributed by atoms with E-state index in [0.29, 0.717) is 11.3 Å². The molecule has 0 bridgehead atoms. The standard InChI is InChI=1S/C12H12N4O4/c13-6-7-1-3-8(4-2-7)15-12(20)16-9(11(18)19)5-10(14)17/h1-4,9H,5H2,(H2,14,17)(H,18,19)(H2,15,16,20)/t9-/m1/s1. The Morgan fingerprint density at radius 1 is 1.30 bits per heavy atom. The molecule has 1 aromatic carbocycles. The molecular formula is C12H12N4O4. The van der Waals surface area contributed by atoms with Crippen LogP contribution in [-0.2, 0) is 9.59 Å². The fourth-order valence-corrected chi connectivity index (χ4v) is 1.35. The van der Waals surface area contributed by atoms with Crippen molar-refractivity contribution < 1.29 is 19.5 Å². The summed E-state index contributed by atoms with van der Waals surface area (Å²) in [7, 11) is 0. The topological polar surface area (TPSA) is 145 Å². The summed E-state index contributed by atoms with van der Waals surface area (Å²) in [5.41, 5.74) is 5.69. The molecule has 8 heteroatoms. The van der Waals surface area contributed by atoms with E-state index >= 15 is 0 Å².